The summed E-state index contributed by atoms with van der Waals surface area (Å²) in [6, 6.07) is 1.41. The van der Waals surface area contributed by atoms with Gasteiger partial charge in [0.1, 0.15) is 0 Å². The first kappa shape index (κ1) is 9.21. The summed E-state index contributed by atoms with van der Waals surface area (Å²) < 4.78 is 0. The smallest absolute Gasteiger partial charge is 0.311 e. The number of rotatable bonds is 2. The van der Waals surface area contributed by atoms with E-state index in [0.29, 0.717) is 5.56 Å². The van der Waals surface area contributed by atoms with Crippen molar-refractivity contribution < 1.29 is 4.92 Å². The molecule has 0 spiro atoms. The monoisotopic (exact) mass is 213 g/mol. The highest BCUT2D eigenvalue weighted by Gasteiger charge is 2.43. The lowest BCUT2D eigenvalue weighted by atomic mass is 10.1. The zero-order valence-electron chi connectivity index (χ0n) is 7.24. The average Bonchev–Trinajstić information content (AvgIpc) is 2.85. The van der Waals surface area contributed by atoms with E-state index in [0.717, 1.165) is 12.8 Å². The molecule has 2 N–H and O–H groups in total. The zero-order chi connectivity index (χ0) is 10.3. The number of nitrogens with two attached hydrogens (primary N) is 1. The Morgan fingerprint density at radius 3 is 2.79 bits per heavy atom. The minimum atomic E-state index is -0.547. The Morgan fingerprint density at radius 2 is 2.29 bits per heavy atom. The largest absolute Gasteiger partial charge is 0.378 e. The molecule has 1 saturated carbocycles. The van der Waals surface area contributed by atoms with Gasteiger partial charge in [-0.15, -0.1) is 11.6 Å². The van der Waals surface area contributed by atoms with Crippen molar-refractivity contribution in [2.24, 2.45) is 0 Å². The van der Waals surface area contributed by atoms with E-state index in [1.54, 1.807) is 0 Å². The summed E-state index contributed by atoms with van der Waals surface area (Å²) in [4.78, 5) is 13.3. The summed E-state index contributed by atoms with van der Waals surface area (Å²) in [6.45, 7) is 0. The molecule has 1 aliphatic carbocycles. The fourth-order valence-electron chi connectivity index (χ4n) is 1.25. The quantitative estimate of drug-likeness (QED) is 0.461. The summed E-state index contributed by atoms with van der Waals surface area (Å²) in [6.07, 6.45) is 3.16. The molecule has 0 aliphatic heterocycles. The zero-order valence-corrected chi connectivity index (χ0v) is 7.99. The number of nitro groups is 1. The fourth-order valence-corrected chi connectivity index (χ4v) is 1.45. The molecule has 0 bridgehead atoms. The van der Waals surface area contributed by atoms with E-state index in [9.17, 15) is 10.1 Å². The van der Waals surface area contributed by atoms with Crippen LogP contribution in [0.4, 0.5) is 11.5 Å². The highest BCUT2D eigenvalue weighted by Crippen LogP contribution is 2.52. The van der Waals surface area contributed by atoms with Gasteiger partial charge in [-0.1, -0.05) is 0 Å². The van der Waals surface area contributed by atoms with Gasteiger partial charge in [0.15, 0.2) is 0 Å². The van der Waals surface area contributed by atoms with Crippen LogP contribution in [0.15, 0.2) is 12.3 Å². The second-order valence-corrected chi connectivity index (χ2v) is 4.07. The minimum Gasteiger partial charge on any atom is -0.378 e. The number of anilines is 1. The molecule has 1 aliphatic rings. The SMILES string of the molecule is Nc1ncc(C2(Cl)CC2)cc1[N+](=O)[O-]. The molecular weight excluding hydrogens is 206 g/mol. The lowest BCUT2D eigenvalue weighted by Crippen LogP contribution is -2.03. The summed E-state index contributed by atoms with van der Waals surface area (Å²) in [5.74, 6) is -0.0698. The molecule has 0 aromatic carbocycles. The maximum atomic E-state index is 10.6. The molecule has 1 heterocycles. The van der Waals surface area contributed by atoms with Gasteiger partial charge < -0.3 is 5.73 Å². The number of aromatic nitrogens is 1. The van der Waals surface area contributed by atoms with E-state index < -0.39 is 9.80 Å². The van der Waals surface area contributed by atoms with Gasteiger partial charge in [0, 0.05) is 12.3 Å². The molecule has 1 aromatic heterocycles. The first-order chi connectivity index (χ1) is 6.53. The van der Waals surface area contributed by atoms with Gasteiger partial charge in [-0.2, -0.15) is 0 Å². The average molecular weight is 214 g/mol. The van der Waals surface area contributed by atoms with E-state index in [-0.39, 0.29) is 11.5 Å². The van der Waals surface area contributed by atoms with Crippen molar-refractivity contribution in [1.82, 2.24) is 4.98 Å². The van der Waals surface area contributed by atoms with E-state index >= 15 is 0 Å². The van der Waals surface area contributed by atoms with Crippen LogP contribution in [0.2, 0.25) is 0 Å². The van der Waals surface area contributed by atoms with Crippen LogP contribution in [-0.2, 0) is 4.87 Å². The first-order valence-corrected chi connectivity index (χ1v) is 4.50. The van der Waals surface area contributed by atoms with Crippen LogP contribution in [0.5, 0.6) is 0 Å². The topological polar surface area (TPSA) is 82.0 Å². The van der Waals surface area contributed by atoms with Crippen molar-refractivity contribution >= 4 is 23.1 Å². The highest BCUT2D eigenvalue weighted by atomic mass is 35.5. The molecule has 2 rings (SSSR count). The maximum absolute atomic E-state index is 10.6. The van der Waals surface area contributed by atoms with Crippen LogP contribution in [0.1, 0.15) is 18.4 Å². The second kappa shape index (κ2) is 2.81. The van der Waals surface area contributed by atoms with E-state index in [2.05, 4.69) is 4.98 Å². The van der Waals surface area contributed by atoms with Crippen molar-refractivity contribution in [1.29, 1.82) is 0 Å². The molecule has 14 heavy (non-hydrogen) atoms. The molecule has 74 valence electrons. The van der Waals surface area contributed by atoms with Gasteiger partial charge in [-0.3, -0.25) is 10.1 Å². The van der Waals surface area contributed by atoms with Crippen LogP contribution in [0.25, 0.3) is 0 Å². The van der Waals surface area contributed by atoms with Gasteiger partial charge in [0.05, 0.1) is 9.80 Å². The maximum Gasteiger partial charge on any atom is 0.311 e. The third kappa shape index (κ3) is 1.39. The van der Waals surface area contributed by atoms with Gasteiger partial charge in [0.2, 0.25) is 5.82 Å². The minimum absolute atomic E-state index is 0.0698. The molecule has 0 unspecified atom stereocenters. The first-order valence-electron chi connectivity index (χ1n) is 4.12. The summed E-state index contributed by atoms with van der Waals surface area (Å²) in [7, 11) is 0. The van der Waals surface area contributed by atoms with Crippen LogP contribution in [0.3, 0.4) is 0 Å². The normalized spacial score (nSPS) is 17.8. The van der Waals surface area contributed by atoms with Gasteiger partial charge >= 0.3 is 5.69 Å². The molecule has 0 amide bonds. The van der Waals surface area contributed by atoms with Crippen LogP contribution in [0, 0.1) is 10.1 Å². The van der Waals surface area contributed by atoms with Crippen molar-refractivity contribution in [2.75, 3.05) is 5.73 Å². The number of alkyl halides is 1. The Kier molecular flexibility index (Phi) is 1.85. The predicted molar refractivity (Wildman–Crippen MR) is 52.1 cm³/mol. The number of halogens is 1. The van der Waals surface area contributed by atoms with E-state index in [1.165, 1.54) is 12.3 Å². The fraction of sp³-hybridized carbons (Fsp3) is 0.375. The van der Waals surface area contributed by atoms with E-state index in [4.69, 9.17) is 17.3 Å². The second-order valence-electron chi connectivity index (χ2n) is 3.35. The van der Waals surface area contributed by atoms with Crippen molar-refractivity contribution in [3.05, 3.63) is 27.9 Å². The molecule has 0 saturated heterocycles. The lowest BCUT2D eigenvalue weighted by molar-refractivity contribution is -0.384. The number of hydrogen-bond donors (Lipinski definition) is 1. The summed E-state index contributed by atoms with van der Waals surface area (Å²) in [5.41, 5.74) is 5.87. The number of nitrogen functional groups attached to an aromatic ring is 1. The Morgan fingerprint density at radius 1 is 1.64 bits per heavy atom. The molecule has 5 nitrogen and oxygen atoms in total. The van der Waals surface area contributed by atoms with Gasteiger partial charge in [-0.05, 0) is 18.4 Å². The third-order valence-corrected chi connectivity index (χ3v) is 2.90. The van der Waals surface area contributed by atoms with Crippen molar-refractivity contribution in [3.8, 4) is 0 Å². The molecule has 0 radical (unpaired) electrons. The van der Waals surface area contributed by atoms with Crippen LogP contribution in [-0.4, -0.2) is 9.91 Å². The Bertz CT molecular complexity index is 404. The molecule has 1 fully saturated rings. The lowest BCUT2D eigenvalue weighted by Gasteiger charge is -2.05. The molecule has 6 heteroatoms. The Balaban J connectivity index is 2.46. The molecule has 1 aromatic rings. The molecule has 0 atom stereocenters. The Labute approximate surface area is 85.0 Å². The van der Waals surface area contributed by atoms with Crippen LogP contribution >= 0.6 is 11.6 Å². The highest BCUT2D eigenvalue weighted by molar-refractivity contribution is 6.25. The van der Waals surface area contributed by atoms with Crippen LogP contribution < -0.4 is 5.73 Å². The van der Waals surface area contributed by atoms with Crippen molar-refractivity contribution in [2.45, 2.75) is 17.7 Å². The number of nitrogens with zero attached hydrogens (tertiary/aromatic N) is 2. The number of pyridine rings is 1. The van der Waals surface area contributed by atoms with E-state index in [1.807, 2.05) is 0 Å². The predicted octanol–water partition coefficient (Wildman–Crippen LogP) is 1.80. The molecular formula is C8H8ClN3O2. The van der Waals surface area contributed by atoms with Gasteiger partial charge in [-0.25, -0.2) is 4.98 Å². The summed E-state index contributed by atoms with van der Waals surface area (Å²) in [5, 5.41) is 10.6. The summed E-state index contributed by atoms with van der Waals surface area (Å²) >= 11 is 6.10. The third-order valence-electron chi connectivity index (χ3n) is 2.30. The number of hydrogen-bond acceptors (Lipinski definition) is 4. The standard InChI is InChI=1S/C8H8ClN3O2/c9-8(1-2-8)5-3-6(12(13)14)7(10)11-4-5/h3-4H,1-2H2,(H2,10,11). The van der Waals surface area contributed by atoms with Gasteiger partial charge in [0.25, 0.3) is 0 Å². The Hall–Kier alpha value is -1.36. The van der Waals surface area contributed by atoms with Crippen molar-refractivity contribution in [3.63, 3.8) is 0 Å².